The van der Waals surface area contributed by atoms with Crippen LogP contribution in [0.25, 0.3) is 66.5 Å². The van der Waals surface area contributed by atoms with Gasteiger partial charge in [0, 0.05) is 38.8 Å². The van der Waals surface area contributed by atoms with Crippen molar-refractivity contribution >= 4 is 50.1 Å². The zero-order valence-corrected chi connectivity index (χ0v) is 33.7. The van der Waals surface area contributed by atoms with Gasteiger partial charge in [-0.1, -0.05) is 153 Å². The number of allylic oxidation sites excluding steroid dienone is 8. The van der Waals surface area contributed by atoms with Crippen LogP contribution in [0, 0.1) is 0 Å². The van der Waals surface area contributed by atoms with E-state index in [2.05, 4.69) is 217 Å². The molecule has 11 rings (SSSR count). The zero-order valence-electron chi connectivity index (χ0n) is 33.7. The van der Waals surface area contributed by atoms with E-state index in [-0.39, 0.29) is 5.41 Å². The van der Waals surface area contributed by atoms with E-state index in [4.69, 9.17) is 0 Å². The molecule has 1 aromatic heterocycles. The molecule has 3 aliphatic rings. The van der Waals surface area contributed by atoms with Crippen molar-refractivity contribution < 1.29 is 0 Å². The summed E-state index contributed by atoms with van der Waals surface area (Å²) in [6, 6.07) is 58.8. The summed E-state index contributed by atoms with van der Waals surface area (Å²) in [4.78, 5) is 2.48. The molecule has 2 nitrogen and oxygen atoms in total. The fourth-order valence-electron chi connectivity index (χ4n) is 10.00. The monoisotopic (exact) mass is 758 g/mol. The first-order valence-corrected chi connectivity index (χ1v) is 21.2. The van der Waals surface area contributed by atoms with Crippen LogP contribution in [-0.2, 0) is 5.41 Å². The van der Waals surface area contributed by atoms with Gasteiger partial charge in [0.1, 0.15) is 0 Å². The highest BCUT2D eigenvalue weighted by Gasteiger charge is 2.40. The molecule has 0 aliphatic heterocycles. The van der Waals surface area contributed by atoms with Gasteiger partial charge in [-0.3, -0.25) is 0 Å². The highest BCUT2D eigenvalue weighted by Crippen LogP contribution is 2.57. The maximum absolute atomic E-state index is 2.48. The lowest BCUT2D eigenvalue weighted by molar-refractivity contribution is 0.662. The van der Waals surface area contributed by atoms with Crippen LogP contribution in [0.15, 0.2) is 194 Å². The van der Waals surface area contributed by atoms with Crippen molar-refractivity contribution in [3.05, 3.63) is 211 Å². The van der Waals surface area contributed by atoms with Crippen molar-refractivity contribution in [1.29, 1.82) is 0 Å². The molecule has 0 bridgehead atoms. The van der Waals surface area contributed by atoms with Crippen LogP contribution in [-0.4, -0.2) is 4.57 Å². The minimum absolute atomic E-state index is 0.232. The van der Waals surface area contributed by atoms with E-state index >= 15 is 0 Å². The Morgan fingerprint density at radius 1 is 0.492 bits per heavy atom. The number of hydrogen-bond acceptors (Lipinski definition) is 1. The maximum atomic E-state index is 2.48. The van der Waals surface area contributed by atoms with Gasteiger partial charge >= 0.3 is 0 Å². The number of hydrogen-bond donors (Lipinski definition) is 0. The lowest BCUT2D eigenvalue weighted by Gasteiger charge is -2.30. The van der Waals surface area contributed by atoms with Gasteiger partial charge in [0.05, 0.1) is 16.7 Å². The fraction of sp³-hybridized carbons (Fsp3) is 0.123. The molecule has 3 aliphatic carbocycles. The second-order valence-electron chi connectivity index (χ2n) is 16.7. The van der Waals surface area contributed by atoms with Crippen LogP contribution in [0.5, 0.6) is 0 Å². The Hall–Kier alpha value is -6.90. The summed E-state index contributed by atoms with van der Waals surface area (Å²) in [5.41, 5.74) is 19.8. The van der Waals surface area contributed by atoms with Gasteiger partial charge in [0.15, 0.2) is 0 Å². The van der Waals surface area contributed by atoms with E-state index in [0.717, 1.165) is 37.1 Å². The standard InChI is InChI=1S/C57H46N2/c1-57(2)51-24-14-12-23-49(51)55-54(37-35-47(56(55)57)43-30-36-53-50(38-43)48-22-13-15-25-52(48)59(53)44-20-10-5-11-21-44)58(45-31-26-41(27-32-45)39-16-6-3-7-17-39)46-33-28-42(29-34-46)40-18-8-4-9-19-40/h3,6-8,10,12-38H,4-5,9,11H2,1-2H3. The molecule has 8 aromatic rings. The first kappa shape index (κ1) is 35.3. The summed E-state index contributed by atoms with van der Waals surface area (Å²) < 4.78 is 2.45. The molecule has 0 saturated carbocycles. The van der Waals surface area contributed by atoms with Crippen LogP contribution in [0.1, 0.15) is 56.2 Å². The number of benzene rings is 7. The normalized spacial score (nSPS) is 15.2. The predicted octanol–water partition coefficient (Wildman–Crippen LogP) is 15.8. The van der Waals surface area contributed by atoms with Gasteiger partial charge in [-0.25, -0.2) is 0 Å². The van der Waals surface area contributed by atoms with E-state index in [0.29, 0.717) is 0 Å². The van der Waals surface area contributed by atoms with Crippen LogP contribution in [0.3, 0.4) is 0 Å². The minimum Gasteiger partial charge on any atom is -0.310 e. The lowest BCUT2D eigenvalue weighted by atomic mass is 9.78. The number of para-hydroxylation sites is 1. The third kappa shape index (κ3) is 5.85. The molecule has 0 amide bonds. The van der Waals surface area contributed by atoms with Crippen molar-refractivity contribution in [2.24, 2.45) is 0 Å². The molecular formula is C57H46N2. The summed E-state index contributed by atoms with van der Waals surface area (Å²) in [5.74, 6) is 0. The van der Waals surface area contributed by atoms with Gasteiger partial charge in [-0.15, -0.1) is 0 Å². The minimum atomic E-state index is -0.232. The number of rotatable bonds is 7. The SMILES string of the molecule is CC1(C)c2ccccc2-c2c(N(c3ccc(C4=CCCC=C4)cc3)c3ccc(-c4ccccc4)cc3)ccc(-c3ccc4c(c3)c3ccccc3n4C3=CCCC=C3)c21. The Kier molecular flexibility index (Phi) is 8.48. The molecule has 1 heterocycles. The topological polar surface area (TPSA) is 8.17 Å². The van der Waals surface area contributed by atoms with Crippen molar-refractivity contribution in [2.45, 2.75) is 44.9 Å². The quantitative estimate of drug-likeness (QED) is 0.157. The van der Waals surface area contributed by atoms with Crippen LogP contribution < -0.4 is 4.90 Å². The summed E-state index contributed by atoms with van der Waals surface area (Å²) >= 11 is 0. The summed E-state index contributed by atoms with van der Waals surface area (Å²) in [7, 11) is 0. The largest absolute Gasteiger partial charge is 0.310 e. The molecule has 2 heteroatoms. The van der Waals surface area contributed by atoms with E-state index in [1.54, 1.807) is 0 Å². The molecule has 7 aromatic carbocycles. The molecule has 0 atom stereocenters. The fourth-order valence-corrected chi connectivity index (χ4v) is 10.00. The number of anilines is 3. The summed E-state index contributed by atoms with van der Waals surface area (Å²) in [6.45, 7) is 4.83. The Bertz CT molecular complexity index is 3040. The Morgan fingerprint density at radius 3 is 1.88 bits per heavy atom. The van der Waals surface area contributed by atoms with Crippen LogP contribution >= 0.6 is 0 Å². The molecule has 0 unspecified atom stereocenters. The Balaban J connectivity index is 1.12. The molecule has 0 radical (unpaired) electrons. The van der Waals surface area contributed by atoms with Crippen molar-refractivity contribution in [3.63, 3.8) is 0 Å². The van der Waals surface area contributed by atoms with Gasteiger partial charge < -0.3 is 9.47 Å². The third-order valence-electron chi connectivity index (χ3n) is 12.8. The first-order valence-electron chi connectivity index (χ1n) is 21.2. The second kappa shape index (κ2) is 14.2. The van der Waals surface area contributed by atoms with E-state index in [1.165, 1.54) is 88.8 Å². The molecule has 59 heavy (non-hydrogen) atoms. The summed E-state index contributed by atoms with van der Waals surface area (Å²) in [5, 5.41) is 2.57. The highest BCUT2D eigenvalue weighted by molar-refractivity contribution is 6.12. The first-order chi connectivity index (χ1) is 29.0. The smallest absolute Gasteiger partial charge is 0.0543 e. The van der Waals surface area contributed by atoms with Gasteiger partial charge in [0.2, 0.25) is 0 Å². The van der Waals surface area contributed by atoms with E-state index in [1.807, 2.05) is 0 Å². The number of fused-ring (bicyclic) bond motifs is 6. The molecule has 0 fully saturated rings. The van der Waals surface area contributed by atoms with Crippen LogP contribution in [0.4, 0.5) is 17.1 Å². The third-order valence-corrected chi connectivity index (χ3v) is 12.8. The molecule has 0 saturated heterocycles. The predicted molar refractivity (Wildman–Crippen MR) is 252 cm³/mol. The maximum Gasteiger partial charge on any atom is 0.0543 e. The molecular weight excluding hydrogens is 713 g/mol. The molecule has 0 spiro atoms. The van der Waals surface area contributed by atoms with Gasteiger partial charge in [0.25, 0.3) is 0 Å². The lowest BCUT2D eigenvalue weighted by Crippen LogP contribution is -2.17. The van der Waals surface area contributed by atoms with Gasteiger partial charge in [-0.2, -0.15) is 0 Å². The summed E-state index contributed by atoms with van der Waals surface area (Å²) in [6.07, 6.45) is 18.2. The van der Waals surface area contributed by atoms with Crippen molar-refractivity contribution in [3.8, 4) is 33.4 Å². The number of nitrogens with zero attached hydrogens (tertiary/aromatic N) is 2. The Morgan fingerprint density at radius 2 is 1.14 bits per heavy atom. The highest BCUT2D eigenvalue weighted by atomic mass is 15.1. The van der Waals surface area contributed by atoms with Crippen molar-refractivity contribution in [2.75, 3.05) is 4.90 Å². The zero-order chi connectivity index (χ0) is 39.5. The van der Waals surface area contributed by atoms with E-state index in [9.17, 15) is 0 Å². The van der Waals surface area contributed by atoms with Crippen molar-refractivity contribution in [1.82, 2.24) is 4.57 Å². The average Bonchev–Trinajstić information content (AvgIpc) is 3.76. The van der Waals surface area contributed by atoms with E-state index < -0.39 is 0 Å². The average molecular weight is 759 g/mol. The second-order valence-corrected chi connectivity index (χ2v) is 16.7. The molecule has 284 valence electrons. The van der Waals surface area contributed by atoms with Crippen LogP contribution in [0.2, 0.25) is 0 Å². The van der Waals surface area contributed by atoms with Gasteiger partial charge in [-0.05, 0) is 130 Å². The Labute approximate surface area is 347 Å². The number of aromatic nitrogens is 1. The molecule has 0 N–H and O–H groups in total.